The van der Waals surface area contributed by atoms with Gasteiger partial charge in [-0.1, -0.05) is 12.8 Å². The van der Waals surface area contributed by atoms with Crippen molar-refractivity contribution >= 4 is 0 Å². The Labute approximate surface area is 91.9 Å². The molecular formula is C11H22N4. The van der Waals surface area contributed by atoms with Crippen LogP contribution in [0, 0.1) is 0 Å². The summed E-state index contributed by atoms with van der Waals surface area (Å²) in [6.45, 7) is 5.12. The first-order chi connectivity index (χ1) is 7.25. The Balaban J connectivity index is 2.28. The van der Waals surface area contributed by atoms with Gasteiger partial charge in [-0.15, -0.1) is 10.2 Å². The van der Waals surface area contributed by atoms with Gasteiger partial charge >= 0.3 is 0 Å². The summed E-state index contributed by atoms with van der Waals surface area (Å²) in [5, 5.41) is 8.09. The van der Waals surface area contributed by atoms with E-state index in [0.29, 0.717) is 6.04 Å². The minimum absolute atomic E-state index is 0.457. The van der Waals surface area contributed by atoms with Crippen molar-refractivity contribution in [3.8, 4) is 0 Å². The number of hydrogen-bond acceptors (Lipinski definition) is 3. The molecule has 0 aliphatic carbocycles. The van der Waals surface area contributed by atoms with Crippen LogP contribution in [0.1, 0.15) is 51.4 Å². The molecule has 0 saturated heterocycles. The van der Waals surface area contributed by atoms with Crippen LogP contribution in [0.3, 0.4) is 0 Å². The molecule has 0 fully saturated rings. The number of hydrogen-bond donors (Lipinski definition) is 1. The molecule has 1 aromatic rings. The summed E-state index contributed by atoms with van der Waals surface area (Å²) in [7, 11) is 0. The second kappa shape index (κ2) is 6.56. The minimum atomic E-state index is 0.457. The van der Waals surface area contributed by atoms with Crippen LogP contribution in [0.4, 0.5) is 0 Å². The molecule has 15 heavy (non-hydrogen) atoms. The molecule has 0 aromatic carbocycles. The lowest BCUT2D eigenvalue weighted by atomic mass is 10.1. The van der Waals surface area contributed by atoms with Crippen molar-refractivity contribution in [3.05, 3.63) is 12.2 Å². The van der Waals surface area contributed by atoms with Gasteiger partial charge in [0.25, 0.3) is 0 Å². The van der Waals surface area contributed by atoms with E-state index in [9.17, 15) is 0 Å². The monoisotopic (exact) mass is 210 g/mol. The second-order valence-electron chi connectivity index (χ2n) is 4.20. The van der Waals surface area contributed by atoms with Crippen LogP contribution in [0.5, 0.6) is 0 Å². The predicted molar refractivity (Wildman–Crippen MR) is 61.6 cm³/mol. The quantitative estimate of drug-likeness (QED) is 0.699. The van der Waals surface area contributed by atoms with Crippen molar-refractivity contribution < 1.29 is 0 Å². The molecule has 1 heterocycles. The smallest absolute Gasteiger partial charge is 0.133 e. The minimum Gasteiger partial charge on any atom is -0.330 e. The molecule has 0 amide bonds. The van der Waals surface area contributed by atoms with Gasteiger partial charge in [0.15, 0.2) is 0 Å². The van der Waals surface area contributed by atoms with Crippen molar-refractivity contribution in [2.45, 2.75) is 52.0 Å². The van der Waals surface area contributed by atoms with E-state index in [1.807, 2.05) is 6.33 Å². The highest BCUT2D eigenvalue weighted by Crippen LogP contribution is 2.10. The van der Waals surface area contributed by atoms with Crippen LogP contribution >= 0.6 is 0 Å². The molecule has 0 aliphatic heterocycles. The van der Waals surface area contributed by atoms with E-state index in [-0.39, 0.29) is 0 Å². The van der Waals surface area contributed by atoms with Gasteiger partial charge in [0.1, 0.15) is 12.2 Å². The Kier molecular flexibility index (Phi) is 5.32. The molecule has 4 heteroatoms. The lowest BCUT2D eigenvalue weighted by Crippen LogP contribution is -2.05. The van der Waals surface area contributed by atoms with Crippen LogP contribution in [0.15, 0.2) is 6.33 Å². The average Bonchev–Trinajstić information content (AvgIpc) is 2.66. The molecule has 0 spiro atoms. The van der Waals surface area contributed by atoms with Gasteiger partial charge in [0.2, 0.25) is 0 Å². The molecule has 2 N–H and O–H groups in total. The molecule has 0 unspecified atom stereocenters. The lowest BCUT2D eigenvalue weighted by molar-refractivity contribution is 0.549. The fourth-order valence-electron chi connectivity index (χ4n) is 1.66. The molecule has 0 radical (unpaired) electrons. The average molecular weight is 210 g/mol. The predicted octanol–water partition coefficient (Wildman–Crippen LogP) is 1.92. The highest BCUT2D eigenvalue weighted by Gasteiger charge is 2.06. The summed E-state index contributed by atoms with van der Waals surface area (Å²) in [4.78, 5) is 0. The summed E-state index contributed by atoms with van der Waals surface area (Å²) >= 11 is 0. The van der Waals surface area contributed by atoms with Gasteiger partial charge in [-0.3, -0.25) is 0 Å². The van der Waals surface area contributed by atoms with Crippen molar-refractivity contribution in [2.75, 3.05) is 6.54 Å². The molecule has 0 atom stereocenters. The van der Waals surface area contributed by atoms with Crippen molar-refractivity contribution in [2.24, 2.45) is 5.73 Å². The number of aryl methyl sites for hydroxylation is 1. The Morgan fingerprint density at radius 2 is 2.00 bits per heavy atom. The lowest BCUT2D eigenvalue weighted by Gasteiger charge is -2.09. The maximum Gasteiger partial charge on any atom is 0.133 e. The zero-order chi connectivity index (χ0) is 11.1. The maximum atomic E-state index is 5.44. The third-order valence-electron chi connectivity index (χ3n) is 2.56. The first-order valence-electron chi connectivity index (χ1n) is 5.84. The summed E-state index contributed by atoms with van der Waals surface area (Å²) in [6.07, 6.45) is 7.64. The fourth-order valence-corrected chi connectivity index (χ4v) is 1.66. The van der Waals surface area contributed by atoms with E-state index < -0.39 is 0 Å². The third kappa shape index (κ3) is 4.00. The van der Waals surface area contributed by atoms with Crippen LogP contribution in [-0.2, 0) is 6.42 Å². The van der Waals surface area contributed by atoms with Gasteiger partial charge in [-0.05, 0) is 33.2 Å². The van der Waals surface area contributed by atoms with Gasteiger partial charge in [-0.2, -0.15) is 0 Å². The van der Waals surface area contributed by atoms with E-state index in [1.54, 1.807) is 0 Å². The highest BCUT2D eigenvalue weighted by molar-refractivity contribution is 4.87. The SMILES string of the molecule is CC(C)n1cnnc1CCCCCCN. The topological polar surface area (TPSA) is 56.7 Å². The summed E-state index contributed by atoms with van der Waals surface area (Å²) < 4.78 is 2.14. The van der Waals surface area contributed by atoms with Gasteiger partial charge in [-0.25, -0.2) is 0 Å². The zero-order valence-electron chi connectivity index (χ0n) is 9.82. The fraction of sp³-hybridized carbons (Fsp3) is 0.818. The number of rotatable bonds is 7. The van der Waals surface area contributed by atoms with Crippen molar-refractivity contribution in [3.63, 3.8) is 0 Å². The van der Waals surface area contributed by atoms with Crippen LogP contribution in [-0.4, -0.2) is 21.3 Å². The maximum absolute atomic E-state index is 5.44. The first kappa shape index (κ1) is 12.2. The van der Waals surface area contributed by atoms with Gasteiger partial charge < -0.3 is 10.3 Å². The number of aromatic nitrogens is 3. The molecule has 0 saturated carbocycles. The van der Waals surface area contributed by atoms with Crippen molar-refractivity contribution in [1.82, 2.24) is 14.8 Å². The zero-order valence-corrected chi connectivity index (χ0v) is 9.82. The van der Waals surface area contributed by atoms with E-state index in [2.05, 4.69) is 28.6 Å². The van der Waals surface area contributed by atoms with Crippen LogP contribution in [0.25, 0.3) is 0 Å². The Bertz CT molecular complexity index is 267. The molecule has 1 rings (SSSR count). The number of unbranched alkanes of at least 4 members (excludes halogenated alkanes) is 3. The Morgan fingerprint density at radius 3 is 2.67 bits per heavy atom. The van der Waals surface area contributed by atoms with E-state index >= 15 is 0 Å². The largest absolute Gasteiger partial charge is 0.330 e. The molecule has 0 aliphatic rings. The molecule has 86 valence electrons. The van der Waals surface area contributed by atoms with Crippen molar-refractivity contribution in [1.29, 1.82) is 0 Å². The molecule has 0 bridgehead atoms. The van der Waals surface area contributed by atoms with E-state index in [1.165, 1.54) is 19.3 Å². The van der Waals surface area contributed by atoms with E-state index in [4.69, 9.17) is 5.73 Å². The van der Waals surface area contributed by atoms with E-state index in [0.717, 1.165) is 25.2 Å². The Hall–Kier alpha value is -0.900. The summed E-state index contributed by atoms with van der Waals surface area (Å²) in [5.74, 6) is 1.11. The molecule has 1 aromatic heterocycles. The Morgan fingerprint density at radius 1 is 1.27 bits per heavy atom. The normalized spacial score (nSPS) is 11.2. The summed E-state index contributed by atoms with van der Waals surface area (Å²) in [5.41, 5.74) is 5.44. The third-order valence-corrected chi connectivity index (χ3v) is 2.56. The highest BCUT2D eigenvalue weighted by atomic mass is 15.3. The second-order valence-corrected chi connectivity index (χ2v) is 4.20. The molecule has 4 nitrogen and oxygen atoms in total. The first-order valence-corrected chi connectivity index (χ1v) is 5.84. The number of nitrogens with two attached hydrogens (primary N) is 1. The molecular weight excluding hydrogens is 188 g/mol. The van der Waals surface area contributed by atoms with Gasteiger partial charge in [0, 0.05) is 12.5 Å². The summed E-state index contributed by atoms with van der Waals surface area (Å²) in [6, 6.07) is 0.457. The van der Waals surface area contributed by atoms with Crippen LogP contribution in [0.2, 0.25) is 0 Å². The number of nitrogens with zero attached hydrogens (tertiary/aromatic N) is 3. The van der Waals surface area contributed by atoms with Crippen LogP contribution < -0.4 is 5.73 Å². The van der Waals surface area contributed by atoms with Gasteiger partial charge in [0.05, 0.1) is 0 Å². The standard InChI is InChI=1S/C11H22N4/c1-10(2)15-9-13-14-11(15)7-5-3-4-6-8-12/h9-10H,3-8,12H2,1-2H3.